The summed E-state index contributed by atoms with van der Waals surface area (Å²) in [7, 11) is 0. The number of hydrogen-bond donors (Lipinski definition) is 2. The highest BCUT2D eigenvalue weighted by molar-refractivity contribution is 6.01. The van der Waals surface area contributed by atoms with E-state index in [1.807, 2.05) is 0 Å². The minimum Gasteiger partial charge on any atom is -0.459 e. The van der Waals surface area contributed by atoms with Crippen LogP contribution in [0.1, 0.15) is 59.8 Å². The molecule has 6 nitrogen and oxygen atoms in total. The molecule has 4 rings (SSSR count). The van der Waals surface area contributed by atoms with Crippen LogP contribution in [0.2, 0.25) is 0 Å². The third-order valence-electron chi connectivity index (χ3n) is 9.33. The maximum atomic E-state index is 17.6. The maximum Gasteiger partial charge on any atom is 0.305 e. The van der Waals surface area contributed by atoms with Gasteiger partial charge in [-0.05, 0) is 56.6 Å². The van der Waals surface area contributed by atoms with E-state index in [9.17, 15) is 24.6 Å². The van der Waals surface area contributed by atoms with Gasteiger partial charge in [-0.15, -0.1) is 0 Å². The molecule has 3 fully saturated rings. The number of alkyl halides is 1. The molecule has 0 amide bonds. The lowest BCUT2D eigenvalue weighted by Crippen LogP contribution is -2.70. The van der Waals surface area contributed by atoms with Crippen molar-refractivity contribution >= 4 is 17.5 Å². The summed E-state index contributed by atoms with van der Waals surface area (Å²) >= 11 is 0. The molecule has 2 N–H and O–H groups in total. The van der Waals surface area contributed by atoms with E-state index in [2.05, 4.69) is 0 Å². The van der Waals surface area contributed by atoms with Crippen LogP contribution in [-0.2, 0) is 19.1 Å². The number of carbonyl (C=O) groups excluding carboxylic acids is 3. The first-order valence-corrected chi connectivity index (χ1v) is 11.6. The van der Waals surface area contributed by atoms with Crippen LogP contribution in [0.15, 0.2) is 23.8 Å². The number of ketones is 2. The van der Waals surface area contributed by atoms with Crippen molar-refractivity contribution < 1.29 is 33.7 Å². The minimum atomic E-state index is -1.99. The number of aliphatic hydroxyl groups is 2. The predicted molar refractivity (Wildman–Crippen MR) is 114 cm³/mol. The Morgan fingerprint density at radius 2 is 1.97 bits per heavy atom. The van der Waals surface area contributed by atoms with Crippen LogP contribution in [-0.4, -0.2) is 51.7 Å². The zero-order chi connectivity index (χ0) is 23.7. The van der Waals surface area contributed by atoms with Crippen molar-refractivity contribution in [3.8, 4) is 0 Å². The SMILES string of the molecule is CCC(=O)OC1C[C@@]2(C)C(C[C@@H](C)[C@]2(O)C(=O)CO)C2CCC3=CC(=O)C=C[C@]3(C)[C@@]12F. The first-order valence-electron chi connectivity index (χ1n) is 11.6. The fraction of sp³-hybridized carbons (Fsp3) is 0.720. The molecule has 0 aromatic rings. The molecule has 0 aliphatic heterocycles. The summed E-state index contributed by atoms with van der Waals surface area (Å²) in [6, 6.07) is 0. The zero-order valence-electron chi connectivity index (χ0n) is 19.2. The molecular weight excluding hydrogens is 415 g/mol. The molecule has 4 aliphatic rings. The number of rotatable bonds is 4. The predicted octanol–water partition coefficient (Wildman–Crippen LogP) is 2.86. The molecule has 0 bridgehead atoms. The van der Waals surface area contributed by atoms with E-state index in [1.165, 1.54) is 12.2 Å². The quantitative estimate of drug-likeness (QED) is 0.642. The smallest absolute Gasteiger partial charge is 0.305 e. The van der Waals surface area contributed by atoms with E-state index in [0.29, 0.717) is 24.8 Å². The van der Waals surface area contributed by atoms with Gasteiger partial charge in [0.15, 0.2) is 17.2 Å². The number of fused-ring (bicyclic) bond motifs is 5. The van der Waals surface area contributed by atoms with Crippen LogP contribution in [0.25, 0.3) is 0 Å². The molecule has 4 aliphatic carbocycles. The van der Waals surface area contributed by atoms with Gasteiger partial charge >= 0.3 is 5.97 Å². The van der Waals surface area contributed by atoms with Crippen LogP contribution in [0, 0.1) is 28.6 Å². The van der Waals surface area contributed by atoms with Gasteiger partial charge in [-0.3, -0.25) is 14.4 Å². The molecule has 8 atom stereocenters. The average molecular weight is 449 g/mol. The summed E-state index contributed by atoms with van der Waals surface area (Å²) < 4.78 is 23.3. The summed E-state index contributed by atoms with van der Waals surface area (Å²) in [5, 5.41) is 21.3. The third kappa shape index (κ3) is 2.67. The molecule has 0 radical (unpaired) electrons. The Kier molecular flexibility index (Phi) is 5.33. The Labute approximate surface area is 187 Å². The van der Waals surface area contributed by atoms with E-state index in [-0.39, 0.29) is 24.5 Å². The molecule has 0 aromatic heterocycles. The van der Waals surface area contributed by atoms with E-state index >= 15 is 4.39 Å². The lowest BCUT2D eigenvalue weighted by molar-refractivity contribution is -0.230. The van der Waals surface area contributed by atoms with Gasteiger partial charge in [-0.25, -0.2) is 4.39 Å². The van der Waals surface area contributed by atoms with Gasteiger partial charge in [0.2, 0.25) is 0 Å². The second-order valence-corrected chi connectivity index (χ2v) is 10.6. The molecule has 3 unspecified atom stereocenters. The fourth-order valence-corrected chi connectivity index (χ4v) is 7.59. The lowest BCUT2D eigenvalue weighted by Gasteiger charge is -2.63. The molecule has 176 valence electrons. The number of halogens is 1. The summed E-state index contributed by atoms with van der Waals surface area (Å²) in [6.07, 6.45) is 4.69. The molecule has 0 spiro atoms. The van der Waals surface area contributed by atoms with E-state index in [0.717, 1.165) is 0 Å². The number of Topliss-reactive ketones (excluding diaryl/α,β-unsaturated/α-hetero) is 1. The van der Waals surface area contributed by atoms with Crippen LogP contribution >= 0.6 is 0 Å². The van der Waals surface area contributed by atoms with Crippen LogP contribution in [0.3, 0.4) is 0 Å². The fourth-order valence-electron chi connectivity index (χ4n) is 7.59. The molecule has 0 saturated heterocycles. The van der Waals surface area contributed by atoms with Crippen molar-refractivity contribution in [2.75, 3.05) is 6.61 Å². The van der Waals surface area contributed by atoms with Crippen LogP contribution in [0.4, 0.5) is 4.39 Å². The number of allylic oxidation sites excluding steroid dienone is 4. The topological polar surface area (TPSA) is 101 Å². The summed E-state index contributed by atoms with van der Waals surface area (Å²) in [6.45, 7) is 6.12. The van der Waals surface area contributed by atoms with Gasteiger partial charge in [-0.1, -0.05) is 32.4 Å². The molecule has 7 heteroatoms. The highest BCUT2D eigenvalue weighted by atomic mass is 19.1. The number of aliphatic hydroxyl groups excluding tert-OH is 1. The highest BCUT2D eigenvalue weighted by Gasteiger charge is 2.76. The Morgan fingerprint density at radius 1 is 1.28 bits per heavy atom. The molecule has 32 heavy (non-hydrogen) atoms. The lowest BCUT2D eigenvalue weighted by atomic mass is 9.44. The standard InChI is InChI=1S/C25H33FO6/c1-5-21(30)32-20-12-23(4)18(10-14(2)25(23,31)19(29)13-27)17-7-6-15-11-16(28)8-9-22(15,3)24(17,20)26/h8-9,11,14,17-18,20,27,31H,5-7,10,12-13H2,1-4H3/t14-,17?,18?,20?,22+,23+,24+,25+/m1/s1. The van der Waals surface area contributed by atoms with Crippen molar-refractivity contribution in [3.63, 3.8) is 0 Å². The minimum absolute atomic E-state index is 0.0341. The normalized spacial score (nSPS) is 47.2. The Balaban J connectivity index is 1.89. The Bertz CT molecular complexity index is 925. The third-order valence-corrected chi connectivity index (χ3v) is 9.33. The summed E-state index contributed by atoms with van der Waals surface area (Å²) in [5.74, 6) is -2.81. The highest BCUT2D eigenvalue weighted by Crippen LogP contribution is 2.71. The van der Waals surface area contributed by atoms with E-state index in [4.69, 9.17) is 4.74 Å². The van der Waals surface area contributed by atoms with Crippen molar-refractivity contribution in [1.82, 2.24) is 0 Å². The van der Waals surface area contributed by atoms with E-state index in [1.54, 1.807) is 33.8 Å². The Hall–Kier alpha value is -1.86. The van der Waals surface area contributed by atoms with Gasteiger partial charge in [0.05, 0.1) is 0 Å². The van der Waals surface area contributed by atoms with Gasteiger partial charge in [0.1, 0.15) is 18.3 Å². The van der Waals surface area contributed by atoms with Crippen LogP contribution in [0.5, 0.6) is 0 Å². The average Bonchev–Trinajstić information content (AvgIpc) is 2.96. The monoisotopic (exact) mass is 448 g/mol. The van der Waals surface area contributed by atoms with Gasteiger partial charge in [0.25, 0.3) is 0 Å². The van der Waals surface area contributed by atoms with E-state index < -0.39 is 58.4 Å². The zero-order valence-corrected chi connectivity index (χ0v) is 19.2. The number of esters is 1. The summed E-state index contributed by atoms with van der Waals surface area (Å²) in [5.41, 5.74) is -5.32. The molecule has 0 heterocycles. The van der Waals surface area contributed by atoms with Crippen LogP contribution < -0.4 is 0 Å². The first kappa shape index (κ1) is 23.3. The van der Waals surface area contributed by atoms with Crippen molar-refractivity contribution in [2.45, 2.75) is 77.2 Å². The van der Waals surface area contributed by atoms with Gasteiger partial charge < -0.3 is 14.9 Å². The molecular formula is C25H33FO6. The maximum absolute atomic E-state index is 17.6. The van der Waals surface area contributed by atoms with Gasteiger partial charge in [-0.2, -0.15) is 0 Å². The molecule has 0 aromatic carbocycles. The number of carbonyl (C=O) groups is 3. The van der Waals surface area contributed by atoms with Crippen molar-refractivity contribution in [1.29, 1.82) is 0 Å². The van der Waals surface area contributed by atoms with Gasteiger partial charge in [0, 0.05) is 23.2 Å². The molecule has 3 saturated carbocycles. The number of hydrogen-bond acceptors (Lipinski definition) is 6. The second kappa shape index (κ2) is 7.32. The first-order chi connectivity index (χ1) is 14.9. The van der Waals surface area contributed by atoms with Crippen molar-refractivity contribution in [3.05, 3.63) is 23.8 Å². The summed E-state index contributed by atoms with van der Waals surface area (Å²) in [4.78, 5) is 37.2. The number of ether oxygens (including phenoxy) is 1. The Morgan fingerprint density at radius 3 is 2.59 bits per heavy atom. The van der Waals surface area contributed by atoms with Crippen molar-refractivity contribution in [2.24, 2.45) is 28.6 Å². The second-order valence-electron chi connectivity index (χ2n) is 10.6. The largest absolute Gasteiger partial charge is 0.459 e.